The summed E-state index contributed by atoms with van der Waals surface area (Å²) in [7, 11) is -3.56. The molecule has 0 radical (unpaired) electrons. The molecule has 3 heterocycles. The molecule has 1 aliphatic rings. The van der Waals surface area contributed by atoms with Crippen LogP contribution in [-0.2, 0) is 58.4 Å². The largest absolute Gasteiger partial charge is 0.468 e. The van der Waals surface area contributed by atoms with E-state index in [0.717, 1.165) is 7.11 Å². The van der Waals surface area contributed by atoms with Crippen molar-refractivity contribution >= 4 is 43.0 Å². The van der Waals surface area contributed by atoms with Gasteiger partial charge in [0.15, 0.2) is 18.0 Å². The number of methoxy groups -OCH3 is 1. The summed E-state index contributed by atoms with van der Waals surface area (Å²) in [5, 5.41) is 17.6. The van der Waals surface area contributed by atoms with Crippen molar-refractivity contribution in [2.45, 2.75) is 97.0 Å². The van der Waals surface area contributed by atoms with Crippen LogP contribution in [-0.4, -0.2) is 88.2 Å². The second kappa shape index (κ2) is 18.2. The number of carbonyl (C=O) groups is 4. The number of carbonyl (C=O) groups excluding carboxylic acids is 4. The minimum absolute atomic E-state index is 0.0142. The Morgan fingerprint density at radius 3 is 2.21 bits per heavy atom. The molecule has 0 spiro atoms. The lowest BCUT2D eigenvalue weighted by Gasteiger charge is -2.31. The van der Waals surface area contributed by atoms with Crippen LogP contribution in [0.3, 0.4) is 0 Å². The highest BCUT2D eigenvalue weighted by molar-refractivity contribution is 7.52. The molecule has 7 atom stereocenters. The number of nitrogen functional groups attached to an aromatic ring is 1. The molecule has 1 aliphatic heterocycles. The molecule has 0 amide bonds. The smallest absolute Gasteiger partial charge is 0.459 e. The van der Waals surface area contributed by atoms with E-state index < -0.39 is 86.1 Å². The number of nitrogens with two attached hydrogens (primary N) is 2. The highest BCUT2D eigenvalue weighted by Gasteiger charge is 2.62. The number of hydrogen-bond donors (Lipinski definition) is 3. The fourth-order valence-corrected chi connectivity index (χ4v) is 7.00. The minimum atomic E-state index is -4.69. The lowest BCUT2D eigenvalue weighted by Crippen LogP contribution is -2.50. The van der Waals surface area contributed by atoms with Crippen LogP contribution in [0.4, 0.5) is 5.82 Å². The second-order valence-electron chi connectivity index (χ2n) is 14.0. The van der Waals surface area contributed by atoms with Crippen LogP contribution in [0.2, 0.25) is 0 Å². The third kappa shape index (κ3) is 10.2. The normalized spacial score (nSPS) is 21.6. The van der Waals surface area contributed by atoms with E-state index >= 15 is 0 Å². The monoisotopic (exact) mass is 801 g/mol. The summed E-state index contributed by atoms with van der Waals surface area (Å²) in [5.74, 6) is -4.14. The fraction of sp³-hybridized carbons (Fsp3) is 0.528. The summed E-state index contributed by atoms with van der Waals surface area (Å²) < 4.78 is 55.7. The van der Waals surface area contributed by atoms with Gasteiger partial charge in [0, 0.05) is 0 Å². The maximum absolute atomic E-state index is 14.6. The van der Waals surface area contributed by atoms with Gasteiger partial charge in [-0.3, -0.25) is 23.7 Å². The molecular weight excluding hydrogens is 753 g/mol. The molecule has 2 aromatic heterocycles. The topological polar surface area (TPSA) is 268 Å². The number of anilines is 1. The van der Waals surface area contributed by atoms with Crippen molar-refractivity contribution in [3.05, 3.63) is 54.0 Å². The van der Waals surface area contributed by atoms with Crippen LogP contribution in [0.5, 0.6) is 5.75 Å². The Kier molecular flexibility index (Phi) is 14.2. The van der Waals surface area contributed by atoms with E-state index in [1.165, 1.54) is 29.9 Å². The summed E-state index contributed by atoms with van der Waals surface area (Å²) in [4.78, 5) is 55.0. The van der Waals surface area contributed by atoms with Crippen molar-refractivity contribution in [3.8, 4) is 11.8 Å². The molecule has 0 aliphatic carbocycles. The molecule has 304 valence electrons. The first-order valence-corrected chi connectivity index (χ1v) is 19.3. The third-order valence-electron chi connectivity index (χ3n) is 8.44. The zero-order valence-electron chi connectivity index (χ0n) is 32.4. The second-order valence-corrected chi connectivity index (χ2v) is 15.7. The number of hydrogen-bond acceptors (Lipinski definition) is 17. The Balaban J connectivity index is 1.74. The summed E-state index contributed by atoms with van der Waals surface area (Å²) in [6.45, 7) is 10.1. The number of nitrogens with one attached hydrogen (secondary N) is 1. The van der Waals surface area contributed by atoms with E-state index in [9.17, 15) is 29.0 Å². The van der Waals surface area contributed by atoms with Crippen molar-refractivity contribution in [1.29, 1.82) is 5.26 Å². The molecular formula is C36H48N7O12P. The number of nitriles is 1. The molecule has 20 heteroatoms. The minimum Gasteiger partial charge on any atom is -0.468 e. The first-order chi connectivity index (χ1) is 26.3. The lowest BCUT2D eigenvalue weighted by molar-refractivity contribution is -0.173. The van der Waals surface area contributed by atoms with Gasteiger partial charge in [-0.05, 0) is 57.0 Å². The van der Waals surface area contributed by atoms with E-state index in [0.29, 0.717) is 11.1 Å². The third-order valence-corrected chi connectivity index (χ3v) is 10.1. The zero-order valence-corrected chi connectivity index (χ0v) is 33.3. The van der Waals surface area contributed by atoms with Gasteiger partial charge in [-0.15, -0.1) is 0 Å². The molecule has 3 aromatic rings. The summed E-state index contributed by atoms with van der Waals surface area (Å²) in [6, 6.07) is 8.93. The SMILES string of the molecule is COC(=O)[C@H](C)N[P@@](=O)(OC[C@@]1(C#N)O[C@@H](c2ccc3c(N)ncnn23)[C@H](OC(=O)C(C)C)[C@@H]1OC(=O)C(C)C)Oc1ccc(C[C@H](N)C(=O)OC(C)C)cc1. The van der Waals surface area contributed by atoms with Gasteiger partial charge in [0.1, 0.15) is 48.5 Å². The fourth-order valence-electron chi connectivity index (χ4n) is 5.48. The van der Waals surface area contributed by atoms with Crippen LogP contribution < -0.4 is 21.1 Å². The molecule has 0 unspecified atom stereocenters. The molecule has 5 N–H and O–H groups in total. The number of fused-ring (bicyclic) bond motifs is 1. The molecule has 1 aromatic carbocycles. The first kappa shape index (κ1) is 43.6. The van der Waals surface area contributed by atoms with E-state index in [4.69, 9.17) is 44.2 Å². The molecule has 1 fully saturated rings. The van der Waals surface area contributed by atoms with Gasteiger partial charge in [-0.2, -0.15) is 15.4 Å². The van der Waals surface area contributed by atoms with Crippen LogP contribution in [0, 0.1) is 23.2 Å². The Bertz CT molecular complexity index is 1980. The first-order valence-electron chi connectivity index (χ1n) is 17.8. The number of aromatic nitrogens is 3. The van der Waals surface area contributed by atoms with Gasteiger partial charge in [0.05, 0.1) is 30.7 Å². The van der Waals surface area contributed by atoms with Gasteiger partial charge in [-0.25, -0.2) is 14.1 Å². The number of esters is 4. The summed E-state index contributed by atoms with van der Waals surface area (Å²) in [6.07, 6.45) is -3.51. The average molecular weight is 802 g/mol. The molecule has 4 rings (SSSR count). The summed E-state index contributed by atoms with van der Waals surface area (Å²) >= 11 is 0. The highest BCUT2D eigenvalue weighted by Crippen LogP contribution is 2.50. The Labute approximate surface area is 323 Å². The predicted molar refractivity (Wildman–Crippen MR) is 197 cm³/mol. The van der Waals surface area contributed by atoms with Gasteiger partial charge >= 0.3 is 31.6 Å². The summed E-state index contributed by atoms with van der Waals surface area (Å²) in [5.41, 5.74) is 11.0. The van der Waals surface area contributed by atoms with E-state index in [2.05, 4.69) is 15.2 Å². The number of ether oxygens (including phenoxy) is 5. The van der Waals surface area contributed by atoms with Crippen molar-refractivity contribution in [1.82, 2.24) is 19.7 Å². The number of rotatable bonds is 17. The van der Waals surface area contributed by atoms with Gasteiger partial charge in [-0.1, -0.05) is 39.8 Å². The number of nitrogens with zero attached hydrogens (tertiary/aromatic N) is 4. The van der Waals surface area contributed by atoms with Gasteiger partial charge < -0.3 is 39.7 Å². The van der Waals surface area contributed by atoms with Crippen LogP contribution in [0.25, 0.3) is 5.52 Å². The standard InChI is InChI=1S/C36H48N7O12P/c1-19(2)32(44)52-29-28(26-13-14-27-31(39)40-18-41-43(26)27)54-36(16-37,30(29)53-33(45)20(3)4)17-50-56(48,42-22(7)34(46)49-8)55-24-11-9-23(10-12-24)15-25(38)35(47)51-21(5)6/h9-14,18-22,25,28-30H,15,17,38H2,1-8H3,(H,42,48)(H2,39,40,41)/t22-,25-,28-,29-,30-,36+,56+/m0/s1. The lowest BCUT2D eigenvalue weighted by atomic mass is 9.95. The van der Waals surface area contributed by atoms with Crippen molar-refractivity contribution in [3.63, 3.8) is 0 Å². The van der Waals surface area contributed by atoms with Crippen LogP contribution in [0.1, 0.15) is 65.8 Å². The molecule has 0 saturated carbocycles. The molecule has 19 nitrogen and oxygen atoms in total. The van der Waals surface area contributed by atoms with Crippen LogP contribution >= 0.6 is 7.75 Å². The van der Waals surface area contributed by atoms with E-state index in [-0.39, 0.29) is 29.8 Å². The highest BCUT2D eigenvalue weighted by atomic mass is 31.2. The van der Waals surface area contributed by atoms with Crippen molar-refractivity contribution < 1.29 is 56.5 Å². The van der Waals surface area contributed by atoms with E-state index in [1.54, 1.807) is 65.8 Å². The average Bonchev–Trinajstić information content (AvgIpc) is 3.70. The maximum atomic E-state index is 14.6. The Morgan fingerprint density at radius 1 is 0.982 bits per heavy atom. The van der Waals surface area contributed by atoms with E-state index in [1.807, 2.05) is 6.07 Å². The van der Waals surface area contributed by atoms with Crippen molar-refractivity contribution in [2.24, 2.45) is 17.6 Å². The molecule has 1 saturated heterocycles. The Morgan fingerprint density at radius 2 is 1.62 bits per heavy atom. The quantitative estimate of drug-likeness (QED) is 0.101. The Hall–Kier alpha value is -5.12. The zero-order chi connectivity index (χ0) is 41.5. The maximum Gasteiger partial charge on any atom is 0.459 e. The molecule has 0 bridgehead atoms. The van der Waals surface area contributed by atoms with Gasteiger partial charge in [0.2, 0.25) is 5.60 Å². The predicted octanol–water partition coefficient (Wildman–Crippen LogP) is 2.96. The van der Waals surface area contributed by atoms with Crippen LogP contribution in [0.15, 0.2) is 42.7 Å². The van der Waals surface area contributed by atoms with Crippen molar-refractivity contribution in [2.75, 3.05) is 19.5 Å². The molecule has 56 heavy (non-hydrogen) atoms. The van der Waals surface area contributed by atoms with Gasteiger partial charge in [0.25, 0.3) is 0 Å². The number of benzene rings is 1.